The molecule has 0 aliphatic rings. The van der Waals surface area contributed by atoms with Crippen molar-refractivity contribution in [3.8, 4) is 0 Å². The number of rotatable bonds is 15. The van der Waals surface area contributed by atoms with Crippen LogP contribution >= 0.6 is 0 Å². The molecular weight excluding hydrogens is 296 g/mol. The van der Waals surface area contributed by atoms with Gasteiger partial charge >= 0.3 is 5.97 Å². The van der Waals surface area contributed by atoms with Gasteiger partial charge in [-0.15, -0.1) is 0 Å². The molecule has 5 heteroatoms. The molecule has 0 unspecified atom stereocenters. The Balaban J connectivity index is 3.39. The van der Waals surface area contributed by atoms with E-state index in [1.807, 2.05) is 20.8 Å². The van der Waals surface area contributed by atoms with Crippen molar-refractivity contribution >= 4 is 5.97 Å². The second kappa shape index (κ2) is 13.8. The fourth-order valence-electron chi connectivity index (χ4n) is 1.79. The lowest BCUT2D eigenvalue weighted by molar-refractivity contribution is -0.158. The van der Waals surface area contributed by atoms with Crippen LogP contribution in [-0.4, -0.2) is 51.2 Å². The minimum Gasteiger partial charge on any atom is -0.460 e. The van der Waals surface area contributed by atoms with E-state index in [4.69, 9.17) is 18.9 Å². The van der Waals surface area contributed by atoms with E-state index < -0.39 is 5.60 Å². The average Bonchev–Trinajstić information content (AvgIpc) is 2.44. The molecule has 0 aliphatic carbocycles. The molecule has 0 atom stereocenters. The normalized spacial score (nSPS) is 11.9. The summed E-state index contributed by atoms with van der Waals surface area (Å²) in [6.45, 7) is 13.8. The van der Waals surface area contributed by atoms with Gasteiger partial charge in [-0.2, -0.15) is 0 Å². The van der Waals surface area contributed by atoms with E-state index in [1.54, 1.807) is 0 Å². The van der Waals surface area contributed by atoms with Crippen molar-refractivity contribution in [2.24, 2.45) is 5.92 Å². The molecule has 23 heavy (non-hydrogen) atoms. The van der Waals surface area contributed by atoms with Crippen LogP contribution in [-0.2, 0) is 23.7 Å². The third-order valence-corrected chi connectivity index (χ3v) is 3.28. The first-order valence-electron chi connectivity index (χ1n) is 8.82. The third kappa shape index (κ3) is 16.0. The van der Waals surface area contributed by atoms with Crippen LogP contribution in [0, 0.1) is 5.92 Å². The zero-order valence-electron chi connectivity index (χ0n) is 15.7. The summed E-state index contributed by atoms with van der Waals surface area (Å²) in [6.07, 6.45) is 3.05. The summed E-state index contributed by atoms with van der Waals surface area (Å²) >= 11 is 0. The van der Waals surface area contributed by atoms with E-state index >= 15 is 0 Å². The van der Waals surface area contributed by atoms with Crippen molar-refractivity contribution in [2.45, 2.75) is 65.9 Å². The number of carbonyl (C=O) groups excluding carboxylic acids is 1. The standard InChI is InChI=1S/C18H36O5/c1-6-7-17(19)23-18(4,5)9-11-21-13-15-22-14-12-20-10-8-16(2)3/h16H,6-15H2,1-5H3. The van der Waals surface area contributed by atoms with E-state index in [0.717, 1.165) is 19.4 Å². The highest BCUT2D eigenvalue weighted by molar-refractivity contribution is 5.69. The molecule has 0 amide bonds. The molecule has 0 radical (unpaired) electrons. The van der Waals surface area contributed by atoms with E-state index in [2.05, 4.69) is 13.8 Å². The number of ether oxygens (including phenoxy) is 4. The third-order valence-electron chi connectivity index (χ3n) is 3.28. The summed E-state index contributed by atoms with van der Waals surface area (Å²) in [4.78, 5) is 11.5. The van der Waals surface area contributed by atoms with Gasteiger partial charge in [-0.1, -0.05) is 20.8 Å². The van der Waals surface area contributed by atoms with Gasteiger partial charge in [0.2, 0.25) is 0 Å². The van der Waals surface area contributed by atoms with Crippen LogP contribution in [0.2, 0.25) is 0 Å². The van der Waals surface area contributed by atoms with Gasteiger partial charge in [0.05, 0.1) is 33.0 Å². The highest BCUT2D eigenvalue weighted by Crippen LogP contribution is 2.15. The quantitative estimate of drug-likeness (QED) is 0.339. The maximum Gasteiger partial charge on any atom is 0.306 e. The van der Waals surface area contributed by atoms with Crippen molar-refractivity contribution in [2.75, 3.05) is 39.6 Å². The number of hydrogen-bond acceptors (Lipinski definition) is 5. The van der Waals surface area contributed by atoms with Crippen molar-refractivity contribution < 1.29 is 23.7 Å². The van der Waals surface area contributed by atoms with Crippen LogP contribution < -0.4 is 0 Å². The van der Waals surface area contributed by atoms with Crippen LogP contribution in [0.3, 0.4) is 0 Å². The molecule has 0 aromatic rings. The summed E-state index contributed by atoms with van der Waals surface area (Å²) in [5, 5.41) is 0. The van der Waals surface area contributed by atoms with Crippen LogP contribution in [0.25, 0.3) is 0 Å². The van der Waals surface area contributed by atoms with Gasteiger partial charge in [0.15, 0.2) is 0 Å². The number of hydrogen-bond donors (Lipinski definition) is 0. The van der Waals surface area contributed by atoms with Crippen LogP contribution in [0.1, 0.15) is 60.3 Å². The first-order chi connectivity index (χ1) is 10.9. The molecule has 0 spiro atoms. The Hall–Kier alpha value is -0.650. The van der Waals surface area contributed by atoms with Crippen molar-refractivity contribution in [1.82, 2.24) is 0 Å². The van der Waals surface area contributed by atoms with Gasteiger partial charge < -0.3 is 18.9 Å². The molecule has 0 aromatic carbocycles. The summed E-state index contributed by atoms with van der Waals surface area (Å²) < 4.78 is 21.8. The summed E-state index contributed by atoms with van der Waals surface area (Å²) in [5.74, 6) is 0.535. The molecule has 0 fully saturated rings. The largest absolute Gasteiger partial charge is 0.460 e. The Morgan fingerprint density at radius 3 is 1.96 bits per heavy atom. The highest BCUT2D eigenvalue weighted by atomic mass is 16.6. The smallest absolute Gasteiger partial charge is 0.306 e. The monoisotopic (exact) mass is 332 g/mol. The Morgan fingerprint density at radius 2 is 1.43 bits per heavy atom. The molecule has 0 bridgehead atoms. The lowest BCUT2D eigenvalue weighted by Crippen LogP contribution is -2.29. The van der Waals surface area contributed by atoms with Crippen LogP contribution in [0.15, 0.2) is 0 Å². The SMILES string of the molecule is CCCC(=O)OC(C)(C)CCOCCOCCOCCC(C)C. The van der Waals surface area contributed by atoms with E-state index in [9.17, 15) is 4.79 Å². The molecule has 0 saturated carbocycles. The predicted octanol–water partition coefficient (Wildman–Crippen LogP) is 3.59. The van der Waals surface area contributed by atoms with Gasteiger partial charge in [0, 0.05) is 19.4 Å². The molecule has 0 heterocycles. The van der Waals surface area contributed by atoms with Gasteiger partial charge in [-0.05, 0) is 32.6 Å². The molecule has 138 valence electrons. The van der Waals surface area contributed by atoms with E-state index in [-0.39, 0.29) is 5.97 Å². The lowest BCUT2D eigenvalue weighted by Gasteiger charge is -2.25. The van der Waals surface area contributed by atoms with Gasteiger partial charge in [0.1, 0.15) is 5.60 Å². The van der Waals surface area contributed by atoms with E-state index in [0.29, 0.717) is 51.8 Å². The fourth-order valence-corrected chi connectivity index (χ4v) is 1.79. The Bertz CT molecular complexity index is 289. The van der Waals surface area contributed by atoms with Crippen LogP contribution in [0.4, 0.5) is 0 Å². The molecule has 0 aromatic heterocycles. The molecule has 0 saturated heterocycles. The van der Waals surface area contributed by atoms with Crippen molar-refractivity contribution in [3.05, 3.63) is 0 Å². The second-order valence-corrected chi connectivity index (χ2v) is 6.75. The van der Waals surface area contributed by atoms with Gasteiger partial charge in [-0.25, -0.2) is 0 Å². The molecule has 0 aliphatic heterocycles. The van der Waals surface area contributed by atoms with Crippen molar-refractivity contribution in [1.29, 1.82) is 0 Å². The zero-order valence-corrected chi connectivity index (χ0v) is 15.7. The predicted molar refractivity (Wildman–Crippen MR) is 91.6 cm³/mol. The molecule has 0 N–H and O–H groups in total. The topological polar surface area (TPSA) is 54.0 Å². The molecule has 0 rings (SSSR count). The number of esters is 1. The highest BCUT2D eigenvalue weighted by Gasteiger charge is 2.22. The first-order valence-corrected chi connectivity index (χ1v) is 8.82. The lowest BCUT2D eigenvalue weighted by atomic mass is 10.1. The summed E-state index contributed by atoms with van der Waals surface area (Å²) in [7, 11) is 0. The van der Waals surface area contributed by atoms with Gasteiger partial charge in [-0.3, -0.25) is 4.79 Å². The molecular formula is C18H36O5. The fraction of sp³-hybridized carbons (Fsp3) is 0.944. The average molecular weight is 332 g/mol. The second-order valence-electron chi connectivity index (χ2n) is 6.75. The Kier molecular flexibility index (Phi) is 13.4. The molecule has 5 nitrogen and oxygen atoms in total. The van der Waals surface area contributed by atoms with E-state index in [1.165, 1.54) is 0 Å². The first kappa shape index (κ1) is 22.4. The minimum absolute atomic E-state index is 0.140. The van der Waals surface area contributed by atoms with Crippen molar-refractivity contribution in [3.63, 3.8) is 0 Å². The number of carbonyl (C=O) groups is 1. The minimum atomic E-state index is -0.475. The van der Waals surface area contributed by atoms with Crippen LogP contribution in [0.5, 0.6) is 0 Å². The maximum atomic E-state index is 11.5. The van der Waals surface area contributed by atoms with Gasteiger partial charge in [0.25, 0.3) is 0 Å². The maximum absolute atomic E-state index is 11.5. The Labute approximate surface area is 142 Å². The zero-order chi connectivity index (χ0) is 17.6. The summed E-state index contributed by atoms with van der Waals surface area (Å²) in [5.41, 5.74) is -0.475. The Morgan fingerprint density at radius 1 is 0.913 bits per heavy atom. The summed E-state index contributed by atoms with van der Waals surface area (Å²) in [6, 6.07) is 0.